The first-order chi connectivity index (χ1) is 7.42. The lowest BCUT2D eigenvalue weighted by atomic mass is 10.0. The van der Waals surface area contributed by atoms with Gasteiger partial charge in [-0.25, -0.2) is 0 Å². The van der Waals surface area contributed by atoms with E-state index in [4.69, 9.17) is 4.74 Å². The number of rotatable bonds is 2. The van der Waals surface area contributed by atoms with Crippen LogP contribution in [0.15, 0.2) is 0 Å². The van der Waals surface area contributed by atoms with Gasteiger partial charge in [-0.1, -0.05) is 12.8 Å². The molecule has 2 fully saturated rings. The number of aliphatic hydroxyl groups excluding tert-OH is 1. The molecule has 0 bridgehead atoms. The molecule has 2 aliphatic heterocycles. The molecule has 1 N–H and O–H groups in total. The predicted molar refractivity (Wildman–Crippen MR) is 59.9 cm³/mol. The van der Waals surface area contributed by atoms with E-state index in [0.29, 0.717) is 18.7 Å². The molecule has 88 valence electrons. The standard InChI is InChI=1S/C12H23NO2/c14-9-11-5-2-1-3-7-13(11)12-6-4-8-15-10-12/h11-12,14H,1-10H2. The van der Waals surface area contributed by atoms with Gasteiger partial charge in [0, 0.05) is 18.7 Å². The molecule has 2 aliphatic rings. The second-order valence-corrected chi connectivity index (χ2v) is 4.79. The summed E-state index contributed by atoms with van der Waals surface area (Å²) in [5.41, 5.74) is 0. The second-order valence-electron chi connectivity index (χ2n) is 4.79. The Morgan fingerprint density at radius 2 is 2.07 bits per heavy atom. The molecule has 0 radical (unpaired) electrons. The minimum Gasteiger partial charge on any atom is -0.395 e. The van der Waals surface area contributed by atoms with E-state index < -0.39 is 0 Å². The maximum atomic E-state index is 9.43. The molecule has 0 aromatic carbocycles. The predicted octanol–water partition coefficient (Wildman–Crippen LogP) is 1.40. The summed E-state index contributed by atoms with van der Waals surface area (Å²) in [4.78, 5) is 2.51. The van der Waals surface area contributed by atoms with Gasteiger partial charge in [-0.05, 0) is 32.2 Å². The molecule has 2 unspecified atom stereocenters. The summed E-state index contributed by atoms with van der Waals surface area (Å²) in [6.07, 6.45) is 7.46. The molecular weight excluding hydrogens is 190 g/mol. The molecule has 2 rings (SSSR count). The summed E-state index contributed by atoms with van der Waals surface area (Å²) in [6.45, 7) is 3.26. The van der Waals surface area contributed by atoms with E-state index in [-0.39, 0.29) is 0 Å². The van der Waals surface area contributed by atoms with Crippen LogP contribution in [0.2, 0.25) is 0 Å². The minimum atomic E-state index is 0.316. The van der Waals surface area contributed by atoms with Crippen molar-refractivity contribution in [3.8, 4) is 0 Å². The molecule has 0 saturated carbocycles. The number of nitrogens with zero attached hydrogens (tertiary/aromatic N) is 1. The van der Waals surface area contributed by atoms with Crippen LogP contribution in [0.1, 0.15) is 38.5 Å². The smallest absolute Gasteiger partial charge is 0.0621 e. The molecule has 2 atom stereocenters. The van der Waals surface area contributed by atoms with Gasteiger partial charge in [0.15, 0.2) is 0 Å². The number of ether oxygens (including phenoxy) is 1. The van der Waals surface area contributed by atoms with Crippen molar-refractivity contribution in [1.82, 2.24) is 4.90 Å². The van der Waals surface area contributed by atoms with E-state index in [1.165, 1.54) is 32.1 Å². The third-order valence-electron chi connectivity index (χ3n) is 3.74. The zero-order chi connectivity index (χ0) is 10.5. The highest BCUT2D eigenvalue weighted by molar-refractivity contribution is 4.82. The molecular formula is C12H23NO2. The summed E-state index contributed by atoms with van der Waals surface area (Å²) in [7, 11) is 0. The Hall–Kier alpha value is -0.120. The van der Waals surface area contributed by atoms with E-state index in [2.05, 4.69) is 4.90 Å². The van der Waals surface area contributed by atoms with Crippen molar-refractivity contribution in [1.29, 1.82) is 0 Å². The Morgan fingerprint density at radius 3 is 2.80 bits per heavy atom. The summed E-state index contributed by atoms with van der Waals surface area (Å²) in [6, 6.07) is 0.952. The number of likely N-dealkylation sites (tertiary alicyclic amines) is 1. The SMILES string of the molecule is OCC1CCCCCN1C1CCCOC1. The quantitative estimate of drug-likeness (QED) is 0.752. The second kappa shape index (κ2) is 5.83. The first-order valence-corrected chi connectivity index (χ1v) is 6.36. The molecule has 0 spiro atoms. The third kappa shape index (κ3) is 2.92. The van der Waals surface area contributed by atoms with Gasteiger partial charge < -0.3 is 9.84 Å². The fraction of sp³-hybridized carbons (Fsp3) is 1.00. The lowest BCUT2D eigenvalue weighted by Gasteiger charge is -2.38. The highest BCUT2D eigenvalue weighted by Crippen LogP contribution is 2.23. The first-order valence-electron chi connectivity index (χ1n) is 6.36. The topological polar surface area (TPSA) is 32.7 Å². The van der Waals surface area contributed by atoms with Gasteiger partial charge in [-0.3, -0.25) is 4.90 Å². The fourth-order valence-electron chi connectivity index (χ4n) is 2.86. The van der Waals surface area contributed by atoms with Crippen LogP contribution in [-0.4, -0.2) is 48.5 Å². The van der Waals surface area contributed by atoms with Crippen molar-refractivity contribution in [2.45, 2.75) is 50.6 Å². The number of hydrogen-bond acceptors (Lipinski definition) is 3. The molecule has 0 aromatic heterocycles. The van der Waals surface area contributed by atoms with E-state index in [1.807, 2.05) is 0 Å². The molecule has 15 heavy (non-hydrogen) atoms. The van der Waals surface area contributed by atoms with Crippen molar-refractivity contribution in [2.75, 3.05) is 26.4 Å². The third-order valence-corrected chi connectivity index (χ3v) is 3.74. The number of aliphatic hydroxyl groups is 1. The van der Waals surface area contributed by atoms with Gasteiger partial charge in [0.2, 0.25) is 0 Å². The molecule has 0 aromatic rings. The highest BCUT2D eigenvalue weighted by atomic mass is 16.5. The first kappa shape index (κ1) is 11.4. The highest BCUT2D eigenvalue weighted by Gasteiger charge is 2.28. The lowest BCUT2D eigenvalue weighted by molar-refractivity contribution is -0.00993. The Kier molecular flexibility index (Phi) is 4.42. The van der Waals surface area contributed by atoms with Crippen LogP contribution in [0, 0.1) is 0 Å². The van der Waals surface area contributed by atoms with Crippen LogP contribution < -0.4 is 0 Å². The molecule has 3 heteroatoms. The fourth-order valence-corrected chi connectivity index (χ4v) is 2.86. The van der Waals surface area contributed by atoms with E-state index >= 15 is 0 Å². The van der Waals surface area contributed by atoms with E-state index in [1.54, 1.807) is 0 Å². The Morgan fingerprint density at radius 1 is 1.13 bits per heavy atom. The molecule has 3 nitrogen and oxygen atoms in total. The van der Waals surface area contributed by atoms with Crippen LogP contribution in [0.4, 0.5) is 0 Å². The zero-order valence-corrected chi connectivity index (χ0v) is 9.53. The van der Waals surface area contributed by atoms with Crippen LogP contribution in [0.5, 0.6) is 0 Å². The maximum Gasteiger partial charge on any atom is 0.0621 e. The Labute approximate surface area is 92.4 Å². The number of hydrogen-bond donors (Lipinski definition) is 1. The van der Waals surface area contributed by atoms with Gasteiger partial charge in [-0.15, -0.1) is 0 Å². The average molecular weight is 213 g/mol. The van der Waals surface area contributed by atoms with Crippen molar-refractivity contribution in [3.63, 3.8) is 0 Å². The van der Waals surface area contributed by atoms with Gasteiger partial charge in [0.25, 0.3) is 0 Å². The molecule has 0 amide bonds. The molecule has 2 heterocycles. The Bertz CT molecular complexity index is 180. The molecule has 2 saturated heterocycles. The van der Waals surface area contributed by atoms with Crippen molar-refractivity contribution < 1.29 is 9.84 Å². The van der Waals surface area contributed by atoms with Crippen molar-refractivity contribution in [2.24, 2.45) is 0 Å². The Balaban J connectivity index is 1.95. The average Bonchev–Trinajstić information content (AvgIpc) is 2.55. The van der Waals surface area contributed by atoms with Crippen LogP contribution >= 0.6 is 0 Å². The minimum absolute atomic E-state index is 0.316. The van der Waals surface area contributed by atoms with Gasteiger partial charge in [0.05, 0.1) is 13.2 Å². The van der Waals surface area contributed by atoms with Crippen molar-refractivity contribution >= 4 is 0 Å². The normalized spacial score (nSPS) is 35.0. The van der Waals surface area contributed by atoms with Crippen LogP contribution in [0.3, 0.4) is 0 Å². The van der Waals surface area contributed by atoms with Crippen LogP contribution in [0.25, 0.3) is 0 Å². The largest absolute Gasteiger partial charge is 0.395 e. The van der Waals surface area contributed by atoms with Gasteiger partial charge in [-0.2, -0.15) is 0 Å². The van der Waals surface area contributed by atoms with Crippen LogP contribution in [-0.2, 0) is 4.74 Å². The lowest BCUT2D eigenvalue weighted by Crippen LogP contribution is -2.48. The summed E-state index contributed by atoms with van der Waals surface area (Å²) in [5.74, 6) is 0. The maximum absolute atomic E-state index is 9.43. The van der Waals surface area contributed by atoms with Gasteiger partial charge in [0.1, 0.15) is 0 Å². The van der Waals surface area contributed by atoms with E-state index in [9.17, 15) is 5.11 Å². The zero-order valence-electron chi connectivity index (χ0n) is 9.53. The van der Waals surface area contributed by atoms with Crippen molar-refractivity contribution in [3.05, 3.63) is 0 Å². The van der Waals surface area contributed by atoms with E-state index in [0.717, 1.165) is 26.2 Å². The summed E-state index contributed by atoms with van der Waals surface area (Å²) in [5, 5.41) is 9.43. The molecule has 0 aliphatic carbocycles. The summed E-state index contributed by atoms with van der Waals surface area (Å²) >= 11 is 0. The summed E-state index contributed by atoms with van der Waals surface area (Å²) < 4.78 is 5.55. The van der Waals surface area contributed by atoms with Gasteiger partial charge >= 0.3 is 0 Å². The monoisotopic (exact) mass is 213 g/mol.